The van der Waals surface area contributed by atoms with E-state index in [9.17, 15) is 9.59 Å². The van der Waals surface area contributed by atoms with Crippen molar-refractivity contribution in [2.45, 2.75) is 39.8 Å². The van der Waals surface area contributed by atoms with Crippen LogP contribution >= 0.6 is 0 Å². The molecule has 0 aliphatic carbocycles. The molecule has 0 amide bonds. The SMILES string of the molecule is CCOC(=O)OC(OC(=O)OC)OC(C)(C)C. The molecule has 0 spiro atoms. The predicted octanol–water partition coefficient (Wildman–Crippen LogP) is 2.04. The summed E-state index contributed by atoms with van der Waals surface area (Å²) in [4.78, 5) is 21.9. The Labute approximate surface area is 99.9 Å². The van der Waals surface area contributed by atoms with Gasteiger partial charge in [-0.25, -0.2) is 9.59 Å². The molecule has 0 fully saturated rings. The van der Waals surface area contributed by atoms with Crippen LogP contribution in [-0.2, 0) is 23.7 Å². The van der Waals surface area contributed by atoms with E-state index in [1.807, 2.05) is 0 Å². The highest BCUT2D eigenvalue weighted by atomic mass is 16.9. The van der Waals surface area contributed by atoms with Crippen molar-refractivity contribution in [3.63, 3.8) is 0 Å². The molecule has 0 saturated heterocycles. The minimum atomic E-state index is -1.51. The zero-order chi connectivity index (χ0) is 13.5. The quantitative estimate of drug-likeness (QED) is 0.557. The lowest BCUT2D eigenvalue weighted by Gasteiger charge is -2.25. The Morgan fingerprint density at radius 1 is 1.12 bits per heavy atom. The summed E-state index contributed by atoms with van der Waals surface area (Å²) in [6.45, 7) is 5.35. The van der Waals surface area contributed by atoms with Crippen LogP contribution < -0.4 is 0 Å². The van der Waals surface area contributed by atoms with Crippen LogP contribution in [0.25, 0.3) is 0 Å². The van der Waals surface area contributed by atoms with E-state index in [-0.39, 0.29) is 6.61 Å². The van der Waals surface area contributed by atoms with Crippen molar-refractivity contribution in [2.75, 3.05) is 13.7 Å². The first kappa shape index (κ1) is 15.5. The van der Waals surface area contributed by atoms with Gasteiger partial charge in [-0.1, -0.05) is 0 Å². The molecule has 0 aromatic carbocycles. The van der Waals surface area contributed by atoms with Crippen LogP contribution in [0, 0.1) is 0 Å². The number of carbonyl (C=O) groups is 2. The fraction of sp³-hybridized carbons (Fsp3) is 0.800. The van der Waals surface area contributed by atoms with Crippen molar-refractivity contribution in [3.05, 3.63) is 0 Å². The van der Waals surface area contributed by atoms with Gasteiger partial charge in [0.15, 0.2) is 0 Å². The molecule has 0 radical (unpaired) electrons. The van der Waals surface area contributed by atoms with E-state index in [2.05, 4.69) is 18.9 Å². The van der Waals surface area contributed by atoms with Crippen LogP contribution in [0.3, 0.4) is 0 Å². The Hall–Kier alpha value is -1.50. The number of hydrogen-bond donors (Lipinski definition) is 0. The predicted molar refractivity (Wildman–Crippen MR) is 56.2 cm³/mol. The average Bonchev–Trinajstić information content (AvgIpc) is 2.14. The van der Waals surface area contributed by atoms with Gasteiger partial charge in [0.1, 0.15) is 0 Å². The Morgan fingerprint density at radius 3 is 2.06 bits per heavy atom. The molecule has 0 heterocycles. The topological polar surface area (TPSA) is 80.3 Å². The second-order valence-corrected chi connectivity index (χ2v) is 3.89. The smallest absolute Gasteiger partial charge is 0.437 e. The summed E-state index contributed by atoms with van der Waals surface area (Å²) in [7, 11) is 1.13. The van der Waals surface area contributed by atoms with Gasteiger partial charge < -0.3 is 23.7 Å². The third kappa shape index (κ3) is 8.32. The molecule has 0 aromatic heterocycles. The minimum Gasteiger partial charge on any atom is -0.437 e. The summed E-state index contributed by atoms with van der Waals surface area (Å²) in [5.74, 6) is 0. The zero-order valence-corrected chi connectivity index (χ0v) is 10.6. The highest BCUT2D eigenvalue weighted by Gasteiger charge is 2.26. The van der Waals surface area contributed by atoms with E-state index in [1.165, 1.54) is 0 Å². The maximum Gasteiger partial charge on any atom is 0.513 e. The molecule has 1 unspecified atom stereocenters. The third-order valence-corrected chi connectivity index (χ3v) is 1.26. The second kappa shape index (κ2) is 6.95. The van der Waals surface area contributed by atoms with Gasteiger partial charge in [-0.05, 0) is 27.7 Å². The molecule has 100 valence electrons. The van der Waals surface area contributed by atoms with Gasteiger partial charge in [0.25, 0.3) is 0 Å². The number of methoxy groups -OCH3 is 1. The maximum absolute atomic E-state index is 11.1. The van der Waals surface area contributed by atoms with Gasteiger partial charge in [-0.2, -0.15) is 0 Å². The monoisotopic (exact) mass is 250 g/mol. The summed E-state index contributed by atoms with van der Waals surface area (Å²) in [6, 6.07) is 0. The molecule has 0 rings (SSSR count). The Bertz CT molecular complexity index is 256. The van der Waals surface area contributed by atoms with Crippen molar-refractivity contribution in [3.8, 4) is 0 Å². The molecule has 0 aliphatic rings. The van der Waals surface area contributed by atoms with E-state index < -0.39 is 24.4 Å². The standard InChI is InChI=1S/C10H18O7/c1-6-14-8(12)16-9(15-7(11)13-5)17-10(2,3)4/h9H,6H2,1-5H3. The molecular formula is C10H18O7. The van der Waals surface area contributed by atoms with Gasteiger partial charge >= 0.3 is 18.8 Å². The fourth-order valence-electron chi connectivity index (χ4n) is 0.718. The number of hydrogen-bond acceptors (Lipinski definition) is 7. The molecule has 0 aliphatic heterocycles. The largest absolute Gasteiger partial charge is 0.513 e. The lowest BCUT2D eigenvalue weighted by Crippen LogP contribution is -2.34. The first-order valence-electron chi connectivity index (χ1n) is 5.04. The lowest BCUT2D eigenvalue weighted by atomic mass is 10.2. The molecule has 17 heavy (non-hydrogen) atoms. The summed E-state index contributed by atoms with van der Waals surface area (Å²) in [6.07, 6.45) is -2.02. The lowest BCUT2D eigenvalue weighted by molar-refractivity contribution is -0.281. The van der Waals surface area contributed by atoms with E-state index in [1.54, 1.807) is 27.7 Å². The van der Waals surface area contributed by atoms with Crippen molar-refractivity contribution < 1.29 is 33.3 Å². The van der Waals surface area contributed by atoms with Crippen molar-refractivity contribution >= 4 is 12.3 Å². The normalized spacial score (nSPS) is 12.5. The summed E-state index contributed by atoms with van der Waals surface area (Å²) >= 11 is 0. The fourth-order valence-corrected chi connectivity index (χ4v) is 0.718. The molecule has 7 nitrogen and oxygen atoms in total. The van der Waals surface area contributed by atoms with Crippen LogP contribution in [0.2, 0.25) is 0 Å². The molecule has 0 saturated carbocycles. The number of carbonyl (C=O) groups excluding carboxylic acids is 2. The van der Waals surface area contributed by atoms with Crippen molar-refractivity contribution in [1.82, 2.24) is 0 Å². The van der Waals surface area contributed by atoms with Gasteiger partial charge in [0, 0.05) is 0 Å². The van der Waals surface area contributed by atoms with Crippen LogP contribution in [0.5, 0.6) is 0 Å². The molecule has 0 aromatic rings. The first-order valence-corrected chi connectivity index (χ1v) is 5.04. The molecule has 1 atom stereocenters. The van der Waals surface area contributed by atoms with Gasteiger partial charge in [-0.3, -0.25) is 0 Å². The van der Waals surface area contributed by atoms with E-state index >= 15 is 0 Å². The van der Waals surface area contributed by atoms with E-state index in [0.717, 1.165) is 7.11 Å². The van der Waals surface area contributed by atoms with Crippen molar-refractivity contribution in [2.24, 2.45) is 0 Å². The number of ether oxygens (including phenoxy) is 5. The first-order chi connectivity index (χ1) is 7.78. The molecule has 0 N–H and O–H groups in total. The highest BCUT2D eigenvalue weighted by molar-refractivity contribution is 5.61. The van der Waals surface area contributed by atoms with Crippen molar-refractivity contribution in [1.29, 1.82) is 0 Å². The van der Waals surface area contributed by atoms with E-state index in [4.69, 9.17) is 4.74 Å². The van der Waals surface area contributed by atoms with Crippen LogP contribution in [0.15, 0.2) is 0 Å². The Kier molecular flexibility index (Phi) is 6.34. The summed E-state index contributed by atoms with van der Waals surface area (Å²) < 4.78 is 23.2. The van der Waals surface area contributed by atoms with Gasteiger partial charge in [0.2, 0.25) is 0 Å². The summed E-state index contributed by atoms with van der Waals surface area (Å²) in [5, 5.41) is 0. The van der Waals surface area contributed by atoms with Gasteiger partial charge in [-0.15, -0.1) is 0 Å². The summed E-state index contributed by atoms with van der Waals surface area (Å²) in [5.41, 5.74) is -0.675. The average molecular weight is 250 g/mol. The molecule has 7 heteroatoms. The van der Waals surface area contributed by atoms with Crippen LogP contribution in [0.4, 0.5) is 9.59 Å². The maximum atomic E-state index is 11.1. The van der Waals surface area contributed by atoms with Crippen LogP contribution in [0.1, 0.15) is 27.7 Å². The molecular weight excluding hydrogens is 232 g/mol. The third-order valence-electron chi connectivity index (χ3n) is 1.26. The Balaban J connectivity index is 4.39. The van der Waals surface area contributed by atoms with Crippen LogP contribution in [-0.4, -0.2) is 38.1 Å². The molecule has 0 bridgehead atoms. The van der Waals surface area contributed by atoms with E-state index in [0.29, 0.717) is 0 Å². The second-order valence-electron chi connectivity index (χ2n) is 3.89. The number of rotatable bonds is 4. The van der Waals surface area contributed by atoms with Gasteiger partial charge in [0.05, 0.1) is 19.3 Å². The zero-order valence-electron chi connectivity index (χ0n) is 10.6. The Morgan fingerprint density at radius 2 is 1.65 bits per heavy atom. The minimum absolute atomic E-state index is 0.138. The highest BCUT2D eigenvalue weighted by Crippen LogP contribution is 2.13.